The third-order valence-electron chi connectivity index (χ3n) is 6.88. The van der Waals surface area contributed by atoms with E-state index in [1.165, 1.54) is 0 Å². The number of nitrogens with one attached hydrogen (secondary N) is 1. The number of nitrogens with zero attached hydrogens (tertiary/aromatic N) is 1. The first-order chi connectivity index (χ1) is 15.9. The van der Waals surface area contributed by atoms with Gasteiger partial charge in [-0.05, 0) is 62.6 Å². The standard InChI is InChI=1S/C28H26N2O3/c1-4-32-20-12-13-22-24(16-20)33-27(2,3)25(15-18-8-7-9-19(14-18)17-29)28(22)21-10-5-6-11-23(21)30-26(28)31/h5-14,16,25H,4,15H2,1-3H3,(H,30,31). The van der Waals surface area contributed by atoms with E-state index in [9.17, 15) is 10.1 Å². The van der Waals surface area contributed by atoms with Gasteiger partial charge in [0.2, 0.25) is 5.91 Å². The van der Waals surface area contributed by atoms with E-state index >= 15 is 0 Å². The second kappa shape index (κ2) is 7.67. The van der Waals surface area contributed by atoms with Crippen molar-refractivity contribution in [2.24, 2.45) is 5.92 Å². The molecular weight excluding hydrogens is 412 g/mol. The van der Waals surface area contributed by atoms with Crippen LogP contribution in [0.2, 0.25) is 0 Å². The van der Waals surface area contributed by atoms with Crippen LogP contribution in [0, 0.1) is 17.2 Å². The van der Waals surface area contributed by atoms with E-state index in [4.69, 9.17) is 9.47 Å². The highest BCUT2D eigenvalue weighted by molar-refractivity contribution is 6.09. The van der Waals surface area contributed by atoms with Gasteiger partial charge < -0.3 is 14.8 Å². The molecule has 3 aromatic rings. The molecule has 5 rings (SSSR count). The van der Waals surface area contributed by atoms with E-state index in [0.717, 1.165) is 22.4 Å². The van der Waals surface area contributed by atoms with Gasteiger partial charge in [0.05, 0.1) is 18.2 Å². The summed E-state index contributed by atoms with van der Waals surface area (Å²) < 4.78 is 12.3. The number of hydrogen-bond acceptors (Lipinski definition) is 4. The zero-order chi connectivity index (χ0) is 23.2. The fourth-order valence-electron chi connectivity index (χ4n) is 5.53. The SMILES string of the molecule is CCOc1ccc2c(c1)OC(C)(C)C(Cc1cccc(C#N)c1)C21C(=O)Nc2ccccc21. The van der Waals surface area contributed by atoms with Gasteiger partial charge in [-0.3, -0.25) is 4.79 Å². The minimum Gasteiger partial charge on any atom is -0.494 e. The first kappa shape index (κ1) is 21.1. The lowest BCUT2D eigenvalue weighted by Gasteiger charge is -2.50. The average molecular weight is 439 g/mol. The molecule has 33 heavy (non-hydrogen) atoms. The van der Waals surface area contributed by atoms with E-state index < -0.39 is 11.0 Å². The molecule has 3 aromatic carbocycles. The molecule has 0 fully saturated rings. The summed E-state index contributed by atoms with van der Waals surface area (Å²) in [7, 11) is 0. The zero-order valence-electron chi connectivity index (χ0n) is 19.0. The molecule has 0 aromatic heterocycles. The lowest BCUT2D eigenvalue weighted by Crippen LogP contribution is -2.58. The molecule has 2 aliphatic rings. The van der Waals surface area contributed by atoms with Gasteiger partial charge in [0.25, 0.3) is 0 Å². The second-order valence-electron chi connectivity index (χ2n) is 9.17. The lowest BCUT2D eigenvalue weighted by atomic mass is 9.58. The molecule has 0 radical (unpaired) electrons. The van der Waals surface area contributed by atoms with Crippen molar-refractivity contribution in [3.05, 3.63) is 89.0 Å². The first-order valence-corrected chi connectivity index (χ1v) is 11.3. The fourth-order valence-corrected chi connectivity index (χ4v) is 5.53. The van der Waals surface area contributed by atoms with Crippen molar-refractivity contribution in [2.75, 3.05) is 11.9 Å². The zero-order valence-corrected chi connectivity index (χ0v) is 19.0. The molecule has 1 spiro atoms. The Morgan fingerprint density at radius 1 is 1.06 bits per heavy atom. The van der Waals surface area contributed by atoms with Crippen LogP contribution in [-0.2, 0) is 16.6 Å². The second-order valence-corrected chi connectivity index (χ2v) is 9.17. The van der Waals surface area contributed by atoms with Crippen LogP contribution in [0.4, 0.5) is 5.69 Å². The largest absolute Gasteiger partial charge is 0.494 e. The van der Waals surface area contributed by atoms with E-state index in [1.807, 2.05) is 81.4 Å². The van der Waals surface area contributed by atoms with Crippen molar-refractivity contribution in [1.29, 1.82) is 5.26 Å². The molecular formula is C28H26N2O3. The minimum absolute atomic E-state index is 0.0491. The van der Waals surface area contributed by atoms with Crippen LogP contribution in [0.1, 0.15) is 43.0 Å². The molecule has 1 amide bonds. The molecule has 5 nitrogen and oxygen atoms in total. The molecule has 0 bridgehead atoms. The number of carbonyl (C=O) groups excluding carboxylic acids is 1. The van der Waals surface area contributed by atoms with Crippen molar-refractivity contribution in [1.82, 2.24) is 0 Å². The summed E-state index contributed by atoms with van der Waals surface area (Å²) in [5.41, 5.74) is 2.63. The highest BCUT2D eigenvalue weighted by Gasteiger charge is 2.62. The van der Waals surface area contributed by atoms with E-state index in [0.29, 0.717) is 30.1 Å². The van der Waals surface area contributed by atoms with Crippen LogP contribution in [0.5, 0.6) is 11.5 Å². The van der Waals surface area contributed by atoms with Crippen molar-refractivity contribution in [3.8, 4) is 17.6 Å². The monoisotopic (exact) mass is 438 g/mol. The number of rotatable bonds is 4. The van der Waals surface area contributed by atoms with Gasteiger partial charge in [-0.15, -0.1) is 0 Å². The van der Waals surface area contributed by atoms with Gasteiger partial charge in [-0.25, -0.2) is 0 Å². The van der Waals surface area contributed by atoms with Gasteiger partial charge in [-0.2, -0.15) is 5.26 Å². The van der Waals surface area contributed by atoms with Crippen LogP contribution in [0.25, 0.3) is 0 Å². The average Bonchev–Trinajstić information content (AvgIpc) is 3.09. The van der Waals surface area contributed by atoms with Crippen molar-refractivity contribution < 1.29 is 14.3 Å². The van der Waals surface area contributed by atoms with E-state index in [1.54, 1.807) is 6.07 Å². The maximum Gasteiger partial charge on any atom is 0.240 e. The van der Waals surface area contributed by atoms with Crippen LogP contribution in [0.3, 0.4) is 0 Å². The lowest BCUT2D eigenvalue weighted by molar-refractivity contribution is -0.126. The van der Waals surface area contributed by atoms with E-state index in [-0.39, 0.29) is 11.8 Å². The summed E-state index contributed by atoms with van der Waals surface area (Å²) in [4.78, 5) is 13.9. The Morgan fingerprint density at radius 2 is 1.88 bits per heavy atom. The summed E-state index contributed by atoms with van der Waals surface area (Å²) >= 11 is 0. The Kier molecular flexibility index (Phi) is 4.90. The number of hydrogen-bond donors (Lipinski definition) is 1. The Labute approximate surface area is 194 Å². The number of fused-ring (bicyclic) bond motifs is 4. The summed E-state index contributed by atoms with van der Waals surface area (Å²) in [6.45, 7) is 6.57. The third kappa shape index (κ3) is 3.17. The maximum atomic E-state index is 13.9. The smallest absolute Gasteiger partial charge is 0.240 e. The predicted octanol–water partition coefficient (Wildman–Crippen LogP) is 5.23. The fraction of sp³-hybridized carbons (Fsp3) is 0.286. The van der Waals surface area contributed by atoms with Gasteiger partial charge >= 0.3 is 0 Å². The first-order valence-electron chi connectivity index (χ1n) is 11.3. The van der Waals surface area contributed by atoms with Crippen molar-refractivity contribution in [2.45, 2.75) is 38.2 Å². The molecule has 1 N–H and O–H groups in total. The van der Waals surface area contributed by atoms with Gasteiger partial charge in [0.15, 0.2) is 0 Å². The maximum absolute atomic E-state index is 13.9. The number of benzene rings is 3. The molecule has 2 aliphatic heterocycles. The van der Waals surface area contributed by atoms with Crippen LogP contribution in [0.15, 0.2) is 66.7 Å². The number of ether oxygens (including phenoxy) is 2. The number of carbonyl (C=O) groups is 1. The molecule has 2 unspecified atom stereocenters. The molecule has 2 heterocycles. The van der Waals surface area contributed by atoms with Gasteiger partial charge in [0, 0.05) is 23.2 Å². The summed E-state index contributed by atoms with van der Waals surface area (Å²) in [5, 5.41) is 12.5. The number of para-hydroxylation sites is 1. The molecule has 0 saturated heterocycles. The van der Waals surface area contributed by atoms with Gasteiger partial charge in [0.1, 0.15) is 22.5 Å². The summed E-state index contributed by atoms with van der Waals surface area (Å²) in [6.07, 6.45) is 0.580. The van der Waals surface area contributed by atoms with Gasteiger partial charge in [-0.1, -0.05) is 36.4 Å². The van der Waals surface area contributed by atoms with Crippen molar-refractivity contribution in [3.63, 3.8) is 0 Å². The normalized spacial score (nSPS) is 22.0. The van der Waals surface area contributed by atoms with Crippen LogP contribution >= 0.6 is 0 Å². The number of anilines is 1. The minimum atomic E-state index is -0.929. The molecule has 166 valence electrons. The quantitative estimate of drug-likeness (QED) is 0.606. The summed E-state index contributed by atoms with van der Waals surface area (Å²) in [5.74, 6) is 1.12. The highest BCUT2D eigenvalue weighted by atomic mass is 16.5. The Balaban J connectivity index is 1.76. The molecule has 2 atom stereocenters. The topological polar surface area (TPSA) is 71.3 Å². The molecule has 0 aliphatic carbocycles. The van der Waals surface area contributed by atoms with Crippen molar-refractivity contribution >= 4 is 11.6 Å². The molecule has 5 heteroatoms. The Hall–Kier alpha value is -3.78. The van der Waals surface area contributed by atoms with Crippen LogP contribution in [-0.4, -0.2) is 18.1 Å². The predicted molar refractivity (Wildman–Crippen MR) is 127 cm³/mol. The number of amides is 1. The Morgan fingerprint density at radius 3 is 2.67 bits per heavy atom. The van der Waals surface area contributed by atoms with E-state index in [2.05, 4.69) is 11.4 Å². The number of nitriles is 1. The van der Waals surface area contributed by atoms with Crippen LogP contribution < -0.4 is 14.8 Å². The summed E-state index contributed by atoms with van der Waals surface area (Å²) in [6, 6.07) is 23.5. The molecule has 0 saturated carbocycles. The highest BCUT2D eigenvalue weighted by Crippen LogP contribution is 2.58. The Bertz CT molecular complexity index is 1290. The third-order valence-corrected chi connectivity index (χ3v) is 6.88.